The number of carbonyl (C=O) groups is 1. The van der Waals surface area contributed by atoms with E-state index in [1.54, 1.807) is 6.92 Å². The van der Waals surface area contributed by atoms with Crippen LogP contribution in [0.1, 0.15) is 40.5 Å². The normalized spacial score (nSPS) is 14.3. The fraction of sp³-hybridized carbons (Fsp3) is 0.500. The first-order valence-corrected chi connectivity index (χ1v) is 7.12. The number of allylic oxidation sites excluding steroid dienone is 5. The molecule has 1 rings (SSSR count). The highest BCUT2D eigenvalue weighted by molar-refractivity contribution is 5.95. The first kappa shape index (κ1) is 16.0. The van der Waals surface area contributed by atoms with Crippen molar-refractivity contribution in [1.29, 1.82) is 5.26 Å². The Labute approximate surface area is 121 Å². The second kappa shape index (κ2) is 7.54. The van der Waals surface area contributed by atoms with Gasteiger partial charge < -0.3 is 9.64 Å². The average Bonchev–Trinajstić information content (AvgIpc) is 2.47. The summed E-state index contributed by atoms with van der Waals surface area (Å²) in [5.41, 5.74) is 2.99. The molecule has 0 atom stereocenters. The number of hydrogen-bond acceptors (Lipinski definition) is 4. The third-order valence-corrected chi connectivity index (χ3v) is 3.26. The number of nitrogens with zero attached hydrogens (tertiary/aromatic N) is 2. The molecule has 0 saturated carbocycles. The molecule has 0 unspecified atom stereocenters. The number of carbonyl (C=O) groups excluding carboxylic acids is 1. The van der Waals surface area contributed by atoms with Crippen molar-refractivity contribution in [3.05, 3.63) is 34.7 Å². The molecule has 0 aromatic rings. The number of rotatable bonds is 5. The van der Waals surface area contributed by atoms with E-state index in [1.165, 1.54) is 0 Å². The summed E-state index contributed by atoms with van der Waals surface area (Å²) in [6, 6.07) is 1.98. The maximum absolute atomic E-state index is 11.8. The Kier molecular flexibility index (Phi) is 6.05. The lowest BCUT2D eigenvalue weighted by molar-refractivity contribution is -0.138. The number of hydrogen-bond donors (Lipinski definition) is 0. The highest BCUT2D eigenvalue weighted by atomic mass is 16.5. The Morgan fingerprint density at radius 3 is 2.10 bits per heavy atom. The van der Waals surface area contributed by atoms with Crippen LogP contribution < -0.4 is 0 Å². The van der Waals surface area contributed by atoms with Crippen LogP contribution in [0.15, 0.2) is 34.7 Å². The molecule has 1 aliphatic heterocycles. The van der Waals surface area contributed by atoms with Crippen molar-refractivity contribution in [3.8, 4) is 6.07 Å². The van der Waals surface area contributed by atoms with E-state index in [-0.39, 0.29) is 12.2 Å². The van der Waals surface area contributed by atoms with Crippen molar-refractivity contribution >= 4 is 5.97 Å². The van der Waals surface area contributed by atoms with E-state index >= 15 is 0 Å². The van der Waals surface area contributed by atoms with Crippen LogP contribution in [-0.4, -0.2) is 24.0 Å². The van der Waals surface area contributed by atoms with Crippen molar-refractivity contribution in [1.82, 2.24) is 4.90 Å². The second-order valence-corrected chi connectivity index (χ2v) is 4.39. The molecule has 20 heavy (non-hydrogen) atoms. The Morgan fingerprint density at radius 2 is 1.75 bits per heavy atom. The summed E-state index contributed by atoms with van der Waals surface area (Å²) in [6.07, 6.45) is 5.54. The highest BCUT2D eigenvalue weighted by Gasteiger charge is 2.21. The molecule has 0 radical (unpaired) electrons. The van der Waals surface area contributed by atoms with Crippen molar-refractivity contribution in [3.63, 3.8) is 0 Å². The molecule has 1 heterocycles. The van der Waals surface area contributed by atoms with Gasteiger partial charge in [-0.3, -0.25) is 0 Å². The van der Waals surface area contributed by atoms with Crippen LogP contribution in [0, 0.1) is 11.3 Å². The molecule has 0 bridgehead atoms. The van der Waals surface area contributed by atoms with Gasteiger partial charge in [0.1, 0.15) is 11.6 Å². The summed E-state index contributed by atoms with van der Waals surface area (Å²) >= 11 is 0. The lowest BCUT2D eigenvalue weighted by Gasteiger charge is -2.31. The maximum Gasteiger partial charge on any atom is 0.349 e. The minimum atomic E-state index is -0.548. The van der Waals surface area contributed by atoms with Crippen LogP contribution in [0.4, 0.5) is 0 Å². The predicted octanol–water partition coefficient (Wildman–Crippen LogP) is 3.29. The summed E-state index contributed by atoms with van der Waals surface area (Å²) in [5.74, 6) is -0.548. The van der Waals surface area contributed by atoms with E-state index in [9.17, 15) is 10.1 Å². The molecule has 1 aliphatic rings. The SMILES string of the molecule is CCOC(=O)C(C#N)=C1C=C(CC)N(CC)C(CC)=C1. The minimum Gasteiger partial charge on any atom is -0.462 e. The third kappa shape index (κ3) is 3.30. The van der Waals surface area contributed by atoms with Gasteiger partial charge in [-0.25, -0.2) is 4.79 Å². The van der Waals surface area contributed by atoms with Gasteiger partial charge in [0, 0.05) is 23.5 Å². The van der Waals surface area contributed by atoms with Gasteiger partial charge in [-0.2, -0.15) is 5.26 Å². The second-order valence-electron chi connectivity index (χ2n) is 4.39. The first-order chi connectivity index (χ1) is 9.62. The van der Waals surface area contributed by atoms with Crippen LogP contribution >= 0.6 is 0 Å². The van der Waals surface area contributed by atoms with E-state index in [0.717, 1.165) is 30.8 Å². The summed E-state index contributed by atoms with van der Waals surface area (Å²) in [6.45, 7) is 9.12. The van der Waals surface area contributed by atoms with E-state index in [4.69, 9.17) is 4.74 Å². The van der Waals surface area contributed by atoms with Crippen LogP contribution in [-0.2, 0) is 9.53 Å². The van der Waals surface area contributed by atoms with Crippen molar-refractivity contribution in [2.75, 3.05) is 13.2 Å². The van der Waals surface area contributed by atoms with Gasteiger partial charge >= 0.3 is 5.97 Å². The van der Waals surface area contributed by atoms with E-state index < -0.39 is 5.97 Å². The Hall–Kier alpha value is -2.02. The summed E-state index contributed by atoms with van der Waals surface area (Å²) in [4.78, 5) is 14.1. The number of esters is 1. The fourth-order valence-electron chi connectivity index (χ4n) is 2.31. The summed E-state index contributed by atoms with van der Waals surface area (Å²) < 4.78 is 4.95. The molecule has 0 spiro atoms. The average molecular weight is 274 g/mol. The Morgan fingerprint density at radius 1 is 1.20 bits per heavy atom. The zero-order valence-electron chi connectivity index (χ0n) is 12.7. The van der Waals surface area contributed by atoms with Gasteiger partial charge in [-0.1, -0.05) is 13.8 Å². The smallest absolute Gasteiger partial charge is 0.349 e. The van der Waals surface area contributed by atoms with Gasteiger partial charge in [-0.15, -0.1) is 0 Å². The molecule has 0 saturated heterocycles. The molecule has 0 fully saturated rings. The Balaban J connectivity index is 3.32. The molecular formula is C16H22N2O2. The lowest BCUT2D eigenvalue weighted by atomic mass is 10.00. The molecule has 4 heteroatoms. The quantitative estimate of drug-likeness (QED) is 0.438. The largest absolute Gasteiger partial charge is 0.462 e. The molecule has 0 aliphatic carbocycles. The van der Waals surface area contributed by atoms with Crippen molar-refractivity contribution in [2.24, 2.45) is 0 Å². The monoisotopic (exact) mass is 274 g/mol. The fourth-order valence-corrected chi connectivity index (χ4v) is 2.31. The zero-order chi connectivity index (χ0) is 15.1. The summed E-state index contributed by atoms with van der Waals surface area (Å²) in [7, 11) is 0. The predicted molar refractivity (Wildman–Crippen MR) is 78.4 cm³/mol. The van der Waals surface area contributed by atoms with E-state index in [0.29, 0.717) is 5.57 Å². The molecule has 108 valence electrons. The molecular weight excluding hydrogens is 252 g/mol. The first-order valence-electron chi connectivity index (χ1n) is 7.12. The topological polar surface area (TPSA) is 53.3 Å². The molecule has 0 aromatic heterocycles. The van der Waals surface area contributed by atoms with Gasteiger partial charge in [0.15, 0.2) is 0 Å². The van der Waals surface area contributed by atoms with Crippen LogP contribution in [0.2, 0.25) is 0 Å². The maximum atomic E-state index is 11.8. The molecule has 4 nitrogen and oxygen atoms in total. The number of ether oxygens (including phenoxy) is 1. The van der Waals surface area contributed by atoms with Crippen molar-refractivity contribution in [2.45, 2.75) is 40.5 Å². The van der Waals surface area contributed by atoms with Crippen LogP contribution in [0.3, 0.4) is 0 Å². The van der Waals surface area contributed by atoms with Gasteiger partial charge in [-0.05, 0) is 38.8 Å². The third-order valence-electron chi connectivity index (χ3n) is 3.26. The molecule has 0 amide bonds. The zero-order valence-corrected chi connectivity index (χ0v) is 12.7. The van der Waals surface area contributed by atoms with Crippen LogP contribution in [0.25, 0.3) is 0 Å². The van der Waals surface area contributed by atoms with Gasteiger partial charge in [0.25, 0.3) is 0 Å². The van der Waals surface area contributed by atoms with Crippen molar-refractivity contribution < 1.29 is 9.53 Å². The summed E-state index contributed by atoms with van der Waals surface area (Å²) in [5, 5.41) is 9.24. The number of nitriles is 1. The van der Waals surface area contributed by atoms with E-state index in [1.807, 2.05) is 18.2 Å². The van der Waals surface area contributed by atoms with E-state index in [2.05, 4.69) is 25.7 Å². The van der Waals surface area contributed by atoms with Gasteiger partial charge in [0.2, 0.25) is 0 Å². The molecule has 0 aromatic carbocycles. The standard InChI is InChI=1S/C16H22N2O2/c1-5-13-9-12(10-14(6-2)18(13)7-3)15(11-17)16(19)20-8-4/h9-10H,5-8H2,1-4H3. The molecule has 0 N–H and O–H groups in total. The minimum absolute atomic E-state index is 0.0829. The Bertz CT molecular complexity index is 483. The lowest BCUT2D eigenvalue weighted by Crippen LogP contribution is -2.24. The van der Waals surface area contributed by atoms with Crippen LogP contribution in [0.5, 0.6) is 0 Å². The van der Waals surface area contributed by atoms with Gasteiger partial charge in [0.05, 0.1) is 6.61 Å². The highest BCUT2D eigenvalue weighted by Crippen LogP contribution is 2.28.